The Morgan fingerprint density at radius 3 is 2.59 bits per heavy atom. The van der Waals surface area contributed by atoms with E-state index in [-0.39, 0.29) is 22.1 Å². The van der Waals surface area contributed by atoms with Gasteiger partial charge in [0.1, 0.15) is 0 Å². The summed E-state index contributed by atoms with van der Waals surface area (Å²) in [6, 6.07) is 9.95. The molecule has 0 amide bonds. The molecule has 0 unspecified atom stereocenters. The normalized spacial score (nSPS) is 10.4. The van der Waals surface area contributed by atoms with Crippen molar-refractivity contribution in [3.05, 3.63) is 63.7 Å². The Bertz CT molecular complexity index is 883. The van der Waals surface area contributed by atoms with E-state index in [1.807, 2.05) is 0 Å². The summed E-state index contributed by atoms with van der Waals surface area (Å²) in [5.74, 6) is -0.117. The highest BCUT2D eigenvalue weighted by atomic mass is 32.1. The lowest BCUT2D eigenvalue weighted by Crippen LogP contribution is -2.23. The van der Waals surface area contributed by atoms with Gasteiger partial charge in [-0.25, -0.2) is 4.79 Å². The van der Waals surface area contributed by atoms with E-state index < -0.39 is 10.9 Å². The fraction of sp³-hybridized carbons (Fsp3) is 0.118. The minimum atomic E-state index is -0.664. The van der Waals surface area contributed by atoms with Crippen LogP contribution in [0.1, 0.15) is 22.8 Å². The third-order valence-corrected chi connectivity index (χ3v) is 3.26. The maximum atomic E-state index is 12.3. The molecule has 2 aromatic rings. The van der Waals surface area contributed by atoms with Gasteiger partial charge in [0, 0.05) is 12.1 Å². The van der Waals surface area contributed by atoms with Gasteiger partial charge in [0.25, 0.3) is 5.69 Å². The molecule has 0 atom stereocenters. The van der Waals surface area contributed by atoms with Crippen molar-refractivity contribution in [2.45, 2.75) is 6.92 Å². The predicted molar refractivity (Wildman–Crippen MR) is 103 cm³/mol. The second-order valence-corrected chi connectivity index (χ2v) is 5.51. The number of rotatable bonds is 7. The molecule has 0 aliphatic heterocycles. The average Bonchev–Trinajstić information content (AvgIpc) is 2.63. The van der Waals surface area contributed by atoms with Gasteiger partial charge < -0.3 is 15.2 Å². The van der Waals surface area contributed by atoms with Crippen molar-refractivity contribution in [2.24, 2.45) is 10.8 Å². The Kier molecular flexibility index (Phi) is 6.78. The lowest BCUT2D eigenvalue weighted by atomic mass is 10.2. The summed E-state index contributed by atoms with van der Waals surface area (Å²) in [5, 5.41) is 14.6. The van der Waals surface area contributed by atoms with E-state index in [9.17, 15) is 14.9 Å². The predicted octanol–water partition coefficient (Wildman–Crippen LogP) is 2.38. The lowest BCUT2D eigenvalue weighted by molar-refractivity contribution is -0.384. The number of benzene rings is 2. The number of ether oxygens (including phenoxy) is 2. The summed E-state index contributed by atoms with van der Waals surface area (Å²) in [4.78, 5) is 22.4. The minimum absolute atomic E-state index is 0.0323. The topological polar surface area (TPSA) is 129 Å². The number of nitrogens with zero attached hydrogens (tertiary/aromatic N) is 2. The van der Waals surface area contributed by atoms with E-state index >= 15 is 0 Å². The average molecular weight is 388 g/mol. The number of non-ortho nitro benzene ring substituents is 1. The summed E-state index contributed by atoms with van der Waals surface area (Å²) in [7, 11) is 0. The van der Waals surface area contributed by atoms with Crippen molar-refractivity contribution in [3.8, 4) is 11.5 Å². The van der Waals surface area contributed by atoms with Gasteiger partial charge in [-0.3, -0.25) is 15.5 Å². The second kappa shape index (κ2) is 9.25. The number of nitrogens with one attached hydrogen (secondary N) is 1. The van der Waals surface area contributed by atoms with Crippen LogP contribution in [-0.2, 0) is 0 Å². The molecule has 27 heavy (non-hydrogen) atoms. The number of carbonyl (C=O) groups excluding carboxylic acids is 1. The molecule has 0 aromatic heterocycles. The smallest absolute Gasteiger partial charge is 0.343 e. The maximum Gasteiger partial charge on any atom is 0.343 e. The zero-order valence-corrected chi connectivity index (χ0v) is 15.1. The molecule has 0 saturated heterocycles. The first-order chi connectivity index (χ1) is 12.9. The molecule has 2 aromatic carbocycles. The van der Waals surface area contributed by atoms with Crippen LogP contribution < -0.4 is 20.6 Å². The molecule has 0 aliphatic carbocycles. The number of hydrazone groups is 1. The number of hydrogen-bond donors (Lipinski definition) is 2. The van der Waals surface area contributed by atoms with E-state index in [4.69, 9.17) is 15.2 Å². The summed E-state index contributed by atoms with van der Waals surface area (Å²) >= 11 is 4.65. The van der Waals surface area contributed by atoms with Gasteiger partial charge in [-0.1, -0.05) is 0 Å². The molecule has 0 fully saturated rings. The summed E-state index contributed by atoms with van der Waals surface area (Å²) in [6.45, 7) is 2.14. The Morgan fingerprint density at radius 2 is 2.00 bits per heavy atom. The van der Waals surface area contributed by atoms with Crippen LogP contribution in [-0.4, -0.2) is 28.8 Å². The molecule has 0 saturated carbocycles. The standard InChI is InChI=1S/C17H16N4O5S/c1-2-25-15-9-11(10-19-20-17(18)27)3-8-14(15)26-16(22)12-4-6-13(7-5-12)21(23)24/h3-10H,2H2,1H3,(H3,18,20,27). The molecule has 3 N–H and O–H groups in total. The number of carbonyl (C=O) groups is 1. The highest BCUT2D eigenvalue weighted by molar-refractivity contribution is 7.80. The van der Waals surface area contributed by atoms with Crippen LogP contribution in [0, 0.1) is 10.1 Å². The number of hydrogen-bond acceptors (Lipinski definition) is 7. The van der Waals surface area contributed by atoms with Gasteiger partial charge in [0.15, 0.2) is 16.6 Å². The quantitative estimate of drug-likeness (QED) is 0.185. The highest BCUT2D eigenvalue weighted by Gasteiger charge is 2.14. The molecule has 0 bridgehead atoms. The second-order valence-electron chi connectivity index (χ2n) is 5.07. The Morgan fingerprint density at radius 1 is 1.30 bits per heavy atom. The molecule has 0 aliphatic rings. The van der Waals surface area contributed by atoms with E-state index in [1.165, 1.54) is 30.5 Å². The molecular formula is C17H16N4O5S. The van der Waals surface area contributed by atoms with Crippen molar-refractivity contribution >= 4 is 35.2 Å². The van der Waals surface area contributed by atoms with E-state index in [1.54, 1.807) is 25.1 Å². The zero-order valence-electron chi connectivity index (χ0n) is 14.2. The van der Waals surface area contributed by atoms with Crippen LogP contribution in [0.3, 0.4) is 0 Å². The highest BCUT2D eigenvalue weighted by Crippen LogP contribution is 2.29. The summed E-state index contributed by atoms with van der Waals surface area (Å²) < 4.78 is 10.8. The summed E-state index contributed by atoms with van der Waals surface area (Å²) in [5.41, 5.74) is 8.44. The van der Waals surface area contributed by atoms with Crippen LogP contribution in [0.2, 0.25) is 0 Å². The van der Waals surface area contributed by atoms with Crippen LogP contribution in [0.15, 0.2) is 47.6 Å². The van der Waals surface area contributed by atoms with Crippen LogP contribution in [0.25, 0.3) is 0 Å². The van der Waals surface area contributed by atoms with Crippen molar-refractivity contribution < 1.29 is 19.2 Å². The van der Waals surface area contributed by atoms with Crippen LogP contribution >= 0.6 is 12.2 Å². The molecule has 9 nitrogen and oxygen atoms in total. The van der Waals surface area contributed by atoms with Crippen LogP contribution in [0.4, 0.5) is 5.69 Å². The molecule has 10 heteroatoms. The Hall–Kier alpha value is -3.53. The SMILES string of the molecule is CCOc1cc(C=NNC(N)=S)ccc1OC(=O)c1ccc([N+](=O)[O-])cc1. The monoisotopic (exact) mass is 388 g/mol. The van der Waals surface area contributed by atoms with Crippen molar-refractivity contribution in [3.63, 3.8) is 0 Å². The zero-order chi connectivity index (χ0) is 19.8. The van der Waals surface area contributed by atoms with E-state index in [2.05, 4.69) is 22.7 Å². The number of esters is 1. The maximum absolute atomic E-state index is 12.3. The number of thiocarbonyl (C=S) groups is 1. The first-order valence-electron chi connectivity index (χ1n) is 7.72. The van der Waals surface area contributed by atoms with Gasteiger partial charge in [0.05, 0.1) is 23.3 Å². The first-order valence-corrected chi connectivity index (χ1v) is 8.13. The van der Waals surface area contributed by atoms with E-state index in [0.29, 0.717) is 17.9 Å². The molecule has 2 rings (SSSR count). The van der Waals surface area contributed by atoms with Crippen molar-refractivity contribution in [1.82, 2.24) is 5.43 Å². The van der Waals surface area contributed by atoms with E-state index in [0.717, 1.165) is 0 Å². The van der Waals surface area contributed by atoms with Crippen LogP contribution in [0.5, 0.6) is 11.5 Å². The van der Waals surface area contributed by atoms with Gasteiger partial charge in [-0.05, 0) is 55.0 Å². The third kappa shape index (κ3) is 5.75. The minimum Gasteiger partial charge on any atom is -0.490 e. The van der Waals surface area contributed by atoms with Gasteiger partial charge in [0.2, 0.25) is 0 Å². The number of nitro groups is 1. The van der Waals surface area contributed by atoms with Gasteiger partial charge in [-0.15, -0.1) is 0 Å². The lowest BCUT2D eigenvalue weighted by Gasteiger charge is -2.11. The molecular weight excluding hydrogens is 372 g/mol. The summed E-state index contributed by atoms with van der Waals surface area (Å²) in [6.07, 6.45) is 1.48. The Balaban J connectivity index is 2.18. The van der Waals surface area contributed by atoms with Gasteiger partial charge in [-0.2, -0.15) is 5.10 Å². The third-order valence-electron chi connectivity index (χ3n) is 3.17. The van der Waals surface area contributed by atoms with Crippen molar-refractivity contribution in [2.75, 3.05) is 6.61 Å². The molecule has 140 valence electrons. The van der Waals surface area contributed by atoms with Gasteiger partial charge >= 0.3 is 5.97 Å². The molecule has 0 spiro atoms. The molecule has 0 radical (unpaired) electrons. The fourth-order valence-electron chi connectivity index (χ4n) is 2.01. The molecule has 0 heterocycles. The fourth-order valence-corrected chi connectivity index (χ4v) is 2.06. The Labute approximate surface area is 159 Å². The van der Waals surface area contributed by atoms with Crippen molar-refractivity contribution in [1.29, 1.82) is 0 Å². The largest absolute Gasteiger partial charge is 0.490 e. The first kappa shape index (κ1) is 19.8. The number of nitro benzene ring substituents is 1. The number of nitrogens with two attached hydrogens (primary N) is 1.